The van der Waals surface area contributed by atoms with Gasteiger partial charge in [0.25, 0.3) is 6.47 Å². The number of carbonyl (C=O) groups is 3. The fraction of sp³-hybridized carbons (Fsp3) is 0.310. The zero-order valence-electron chi connectivity index (χ0n) is 32.1. The minimum atomic E-state index is -1.33. The molecule has 0 spiro atoms. The van der Waals surface area contributed by atoms with E-state index in [1.165, 1.54) is 26.6 Å². The number of halogens is 2. The number of methoxy groups -OCH3 is 2. The van der Waals surface area contributed by atoms with Crippen LogP contribution in [0.25, 0.3) is 0 Å². The number of rotatable bonds is 14. The van der Waals surface area contributed by atoms with Crippen LogP contribution in [0.5, 0.6) is 17.2 Å². The minimum absolute atomic E-state index is 0.00484. The van der Waals surface area contributed by atoms with Gasteiger partial charge in [-0.2, -0.15) is 4.73 Å². The number of carbonyl (C=O) groups excluding carboxylic acids is 1. The van der Waals surface area contributed by atoms with Crippen LogP contribution in [0.4, 0.5) is 4.79 Å². The molecule has 0 radical (unpaired) electrons. The van der Waals surface area contributed by atoms with Crippen molar-refractivity contribution in [3.8, 4) is 17.2 Å². The molecule has 3 aliphatic heterocycles. The molecule has 3 N–H and O–H groups in total. The van der Waals surface area contributed by atoms with Gasteiger partial charge in [0.1, 0.15) is 27.7 Å². The molecule has 3 aliphatic rings. The van der Waals surface area contributed by atoms with E-state index in [9.17, 15) is 19.9 Å². The van der Waals surface area contributed by atoms with Gasteiger partial charge >= 0.3 is 12.1 Å². The molecule has 0 saturated carbocycles. The summed E-state index contributed by atoms with van der Waals surface area (Å²) >= 11 is 13.0. The van der Waals surface area contributed by atoms with Gasteiger partial charge in [-0.3, -0.25) is 9.69 Å². The molecule has 310 valence electrons. The first kappa shape index (κ1) is 42.6. The molecule has 2 bridgehead atoms. The summed E-state index contributed by atoms with van der Waals surface area (Å²) in [5.41, 5.74) is 2.23. The van der Waals surface area contributed by atoms with E-state index in [1.54, 1.807) is 36.4 Å². The van der Waals surface area contributed by atoms with Gasteiger partial charge in [0.2, 0.25) is 5.89 Å². The zero-order valence-corrected chi connectivity index (χ0v) is 33.6. The monoisotopic (exact) mass is 848 g/mol. The summed E-state index contributed by atoms with van der Waals surface area (Å²) < 4.78 is 29.7. The van der Waals surface area contributed by atoms with Crippen molar-refractivity contribution < 1.29 is 52.7 Å². The Hall–Kier alpha value is -6.03. The number of oxazole rings is 1. The van der Waals surface area contributed by atoms with Crippen LogP contribution in [-0.4, -0.2) is 78.6 Å². The molecule has 5 heterocycles. The Bertz CT molecular complexity index is 2230. The number of aromatic nitrogens is 2. The Morgan fingerprint density at radius 2 is 1.66 bits per heavy atom. The summed E-state index contributed by atoms with van der Waals surface area (Å²) in [7, 11) is 2.99. The van der Waals surface area contributed by atoms with Crippen LogP contribution in [0.2, 0.25) is 10.0 Å². The number of piperidine rings is 3. The van der Waals surface area contributed by atoms with Crippen molar-refractivity contribution in [3.05, 3.63) is 140 Å². The molecule has 3 aromatic carbocycles. The molecule has 1 amide bonds. The van der Waals surface area contributed by atoms with E-state index in [0.29, 0.717) is 39.0 Å². The van der Waals surface area contributed by atoms with Crippen molar-refractivity contribution in [3.63, 3.8) is 0 Å². The third kappa shape index (κ3) is 10.4. The zero-order chi connectivity index (χ0) is 42.1. The summed E-state index contributed by atoms with van der Waals surface area (Å²) in [6, 6.07) is 21.4. The van der Waals surface area contributed by atoms with Gasteiger partial charge < -0.3 is 44.1 Å². The molecule has 2 aromatic heterocycles. The Labute approximate surface area is 349 Å². The van der Waals surface area contributed by atoms with Crippen LogP contribution in [0.1, 0.15) is 69.2 Å². The molecule has 17 heteroatoms. The summed E-state index contributed by atoms with van der Waals surface area (Å²) in [6.45, 7) is 2.35. The van der Waals surface area contributed by atoms with E-state index in [-0.39, 0.29) is 53.0 Å². The molecule has 3 fully saturated rings. The number of fused-ring (bicyclic) bond motifs is 3. The second kappa shape index (κ2) is 19.6. The number of carboxylic acid groups (broad SMARTS) is 2. The lowest BCUT2D eigenvalue weighted by molar-refractivity contribution is -0.605. The number of nitrogens with one attached hydrogen (secondary N) is 1. The number of pyridine rings is 1. The smallest absolute Gasteiger partial charge is 0.408 e. The molecular formula is C42H42Cl2N4O11. The van der Waals surface area contributed by atoms with Crippen molar-refractivity contribution in [1.82, 2.24) is 15.2 Å². The lowest BCUT2D eigenvalue weighted by Gasteiger charge is -2.43. The van der Waals surface area contributed by atoms with Crippen molar-refractivity contribution in [2.24, 2.45) is 5.92 Å². The average molecular weight is 850 g/mol. The number of amides is 1. The maximum Gasteiger partial charge on any atom is 0.408 e. The van der Waals surface area contributed by atoms with Crippen LogP contribution in [-0.2, 0) is 22.6 Å². The molecule has 5 aromatic rings. The third-order valence-electron chi connectivity index (χ3n) is 10.3. The minimum Gasteiger partial charge on any atom is -0.619 e. The SMILES string of the molecule is COc1ccc([C@H](Cc2c(Cl)c[n+]([O-])cc2Cl)c2oc(COc3cccc([C@@H](NC(=O)O[C@H]4CN5CCC4CC5)c4ccccc4)c3)nc2C(=O)O)cc1OC.O=CO. The number of ether oxygens (including phenoxy) is 4. The van der Waals surface area contributed by atoms with E-state index in [0.717, 1.165) is 43.6 Å². The quantitative estimate of drug-likeness (QED) is 0.0594. The van der Waals surface area contributed by atoms with E-state index >= 15 is 0 Å². The van der Waals surface area contributed by atoms with Gasteiger partial charge in [0, 0.05) is 18.0 Å². The molecule has 59 heavy (non-hydrogen) atoms. The number of nitrogens with zero attached hydrogens (tertiary/aromatic N) is 3. The molecule has 8 rings (SSSR count). The van der Waals surface area contributed by atoms with Crippen molar-refractivity contribution in [2.45, 2.75) is 43.9 Å². The molecule has 0 unspecified atom stereocenters. The van der Waals surface area contributed by atoms with Crippen molar-refractivity contribution >= 4 is 41.7 Å². The molecule has 0 aliphatic carbocycles. The number of hydrogen-bond acceptors (Lipinski definition) is 11. The Morgan fingerprint density at radius 1 is 0.983 bits per heavy atom. The number of aromatic carboxylic acids is 1. The number of hydrogen-bond donors (Lipinski definition) is 3. The van der Waals surface area contributed by atoms with Crippen LogP contribution in [0.15, 0.2) is 89.6 Å². The normalized spacial score (nSPS) is 17.7. The van der Waals surface area contributed by atoms with E-state index in [4.69, 9.17) is 56.5 Å². The Morgan fingerprint density at radius 3 is 2.29 bits per heavy atom. The number of benzene rings is 3. The summed E-state index contributed by atoms with van der Waals surface area (Å²) in [5, 5.41) is 32.5. The first-order valence-electron chi connectivity index (χ1n) is 18.6. The fourth-order valence-corrected chi connectivity index (χ4v) is 8.06. The first-order valence-corrected chi connectivity index (χ1v) is 19.3. The lowest BCUT2D eigenvalue weighted by Crippen LogP contribution is -2.52. The highest BCUT2D eigenvalue weighted by molar-refractivity contribution is 6.35. The van der Waals surface area contributed by atoms with E-state index < -0.39 is 24.0 Å². The topological polar surface area (TPSA) is 197 Å². The lowest BCUT2D eigenvalue weighted by atomic mass is 9.86. The highest BCUT2D eigenvalue weighted by Gasteiger charge is 2.37. The Balaban J connectivity index is 0.00000189. The summed E-state index contributed by atoms with van der Waals surface area (Å²) in [6.07, 6.45) is 3.78. The van der Waals surface area contributed by atoms with Crippen LogP contribution >= 0.6 is 23.2 Å². The molecular weight excluding hydrogens is 807 g/mol. The van der Waals surface area contributed by atoms with Gasteiger partial charge in [-0.25, -0.2) is 14.6 Å². The van der Waals surface area contributed by atoms with Crippen LogP contribution in [0.3, 0.4) is 0 Å². The second-order valence-corrected chi connectivity index (χ2v) is 14.6. The van der Waals surface area contributed by atoms with E-state index in [1.807, 2.05) is 36.4 Å². The highest BCUT2D eigenvalue weighted by atomic mass is 35.5. The van der Waals surface area contributed by atoms with E-state index in [2.05, 4.69) is 15.2 Å². The third-order valence-corrected chi connectivity index (χ3v) is 10.9. The van der Waals surface area contributed by atoms with Gasteiger partial charge in [0.05, 0.1) is 20.3 Å². The van der Waals surface area contributed by atoms with Gasteiger partial charge in [-0.15, -0.1) is 0 Å². The summed E-state index contributed by atoms with van der Waals surface area (Å²) in [4.78, 5) is 41.0. The number of alkyl carbamates (subject to hydrolysis) is 1. The maximum atomic E-state index is 13.3. The van der Waals surface area contributed by atoms with Gasteiger partial charge in [-0.1, -0.05) is 71.7 Å². The number of carboxylic acids is 1. The Kier molecular flexibility index (Phi) is 14.2. The molecule has 3 atom stereocenters. The van der Waals surface area contributed by atoms with Gasteiger partial charge in [0.15, 0.2) is 36.2 Å². The standard InChI is InChI=1S/C41H40Cl2N4O9.CH2O2/c1-52-33-12-11-26(18-34(33)53-2)29(19-30-31(42)20-47(51)21-32(30)43)39-38(40(48)49)44-36(56-39)23-54-28-10-6-9-27(17-28)37(25-7-4-3-5-8-25)45-41(50)55-35-22-46-15-13-24(35)14-16-46;2-1-3/h3-12,17-18,20-21,24,29,35,37H,13-16,19,22-23H2,1-2H3,(H,45,50)(H,48,49);1H,(H,2,3)/t29-,35-,37-;/m0./s1. The largest absolute Gasteiger partial charge is 0.619 e. The predicted octanol–water partition coefficient (Wildman–Crippen LogP) is 6.89. The molecule has 3 saturated heterocycles. The average Bonchev–Trinajstić information content (AvgIpc) is 3.67. The fourth-order valence-electron chi connectivity index (χ4n) is 7.46. The first-order chi connectivity index (χ1) is 28.5. The van der Waals surface area contributed by atoms with Crippen molar-refractivity contribution in [1.29, 1.82) is 0 Å². The maximum absolute atomic E-state index is 13.3. The van der Waals surface area contributed by atoms with Gasteiger partial charge in [-0.05, 0) is 79.2 Å². The second-order valence-electron chi connectivity index (χ2n) is 13.8. The van der Waals surface area contributed by atoms with Crippen LogP contribution < -0.4 is 24.3 Å². The van der Waals surface area contributed by atoms with Crippen molar-refractivity contribution in [2.75, 3.05) is 33.9 Å². The summed E-state index contributed by atoms with van der Waals surface area (Å²) in [5.74, 6) is -0.474. The molecule has 15 nitrogen and oxygen atoms in total. The predicted molar refractivity (Wildman–Crippen MR) is 214 cm³/mol. The highest BCUT2D eigenvalue weighted by Crippen LogP contribution is 2.39. The van der Waals surface area contributed by atoms with Crippen LogP contribution in [0, 0.1) is 11.1 Å².